The summed E-state index contributed by atoms with van der Waals surface area (Å²) in [5.41, 5.74) is 10.6. The van der Waals surface area contributed by atoms with Crippen molar-refractivity contribution in [1.29, 1.82) is 0 Å². The number of nitrogens with zero attached hydrogens (tertiary/aromatic N) is 2. The van der Waals surface area contributed by atoms with Crippen molar-refractivity contribution in [2.24, 2.45) is 0 Å². The summed E-state index contributed by atoms with van der Waals surface area (Å²) in [7, 11) is 0. The molecule has 2 aromatic heterocycles. The fourth-order valence-electron chi connectivity index (χ4n) is 8.71. The minimum Gasteiger partial charge on any atom is -0.294 e. The number of rotatable bonds is 4. The molecule has 0 N–H and O–H groups in total. The van der Waals surface area contributed by atoms with Crippen molar-refractivity contribution in [3.05, 3.63) is 194 Å². The van der Waals surface area contributed by atoms with Crippen LogP contribution in [0.15, 0.2) is 194 Å². The van der Waals surface area contributed by atoms with Crippen LogP contribution in [0.3, 0.4) is 0 Å². The number of pyridine rings is 1. The van der Waals surface area contributed by atoms with Crippen LogP contribution in [-0.2, 0) is 0 Å². The van der Waals surface area contributed by atoms with Gasteiger partial charge in [0, 0.05) is 22.7 Å². The molecule has 0 fully saturated rings. The van der Waals surface area contributed by atoms with Crippen LogP contribution in [0.5, 0.6) is 0 Å². The summed E-state index contributed by atoms with van der Waals surface area (Å²) >= 11 is 0. The fraction of sp³-hybridized carbons (Fsp3) is 0. The van der Waals surface area contributed by atoms with Crippen LogP contribution in [0.1, 0.15) is 0 Å². The van der Waals surface area contributed by atoms with E-state index >= 15 is 0 Å². The van der Waals surface area contributed by atoms with Gasteiger partial charge in [-0.1, -0.05) is 152 Å². The lowest BCUT2D eigenvalue weighted by molar-refractivity contribution is 1.14. The van der Waals surface area contributed by atoms with Crippen LogP contribution < -0.4 is 0 Å². The Morgan fingerprint density at radius 2 is 0.868 bits per heavy atom. The Hall–Kier alpha value is -7.03. The highest BCUT2D eigenvalue weighted by molar-refractivity contribution is 6.25. The molecular formula is C51H32N2. The highest BCUT2D eigenvalue weighted by Gasteiger charge is 2.20. The average molecular weight is 673 g/mol. The molecule has 0 radical (unpaired) electrons. The second kappa shape index (κ2) is 11.8. The van der Waals surface area contributed by atoms with Gasteiger partial charge in [0.1, 0.15) is 5.65 Å². The van der Waals surface area contributed by atoms with E-state index in [4.69, 9.17) is 4.98 Å². The van der Waals surface area contributed by atoms with Gasteiger partial charge >= 0.3 is 0 Å². The molecule has 0 bridgehead atoms. The first-order chi connectivity index (χ1) is 26.3. The Morgan fingerprint density at radius 3 is 1.58 bits per heavy atom. The van der Waals surface area contributed by atoms with Crippen molar-refractivity contribution in [2.45, 2.75) is 0 Å². The molecule has 2 heterocycles. The smallest absolute Gasteiger partial charge is 0.145 e. The van der Waals surface area contributed by atoms with Crippen LogP contribution in [0.2, 0.25) is 0 Å². The molecule has 246 valence electrons. The van der Waals surface area contributed by atoms with Crippen LogP contribution in [0, 0.1) is 0 Å². The average Bonchev–Trinajstić information content (AvgIpc) is 3.57. The van der Waals surface area contributed by atoms with Gasteiger partial charge in [0.15, 0.2) is 0 Å². The molecule has 0 amide bonds. The van der Waals surface area contributed by atoms with Gasteiger partial charge in [-0.15, -0.1) is 0 Å². The summed E-state index contributed by atoms with van der Waals surface area (Å²) in [5, 5.41) is 12.4. The van der Waals surface area contributed by atoms with E-state index in [2.05, 4.69) is 187 Å². The maximum absolute atomic E-state index is 4.86. The van der Waals surface area contributed by atoms with Gasteiger partial charge in [0.25, 0.3) is 0 Å². The van der Waals surface area contributed by atoms with Gasteiger partial charge in [-0.25, -0.2) is 4.98 Å². The number of fused-ring (bicyclic) bond motifs is 7. The molecule has 0 aliphatic heterocycles. The highest BCUT2D eigenvalue weighted by atomic mass is 15.0. The zero-order chi connectivity index (χ0) is 34.9. The van der Waals surface area contributed by atoms with Gasteiger partial charge in [0.2, 0.25) is 0 Å². The lowest BCUT2D eigenvalue weighted by atomic mass is 9.83. The van der Waals surface area contributed by atoms with Crippen LogP contribution in [0.4, 0.5) is 0 Å². The van der Waals surface area contributed by atoms with Crippen LogP contribution in [-0.4, -0.2) is 9.55 Å². The van der Waals surface area contributed by atoms with Crippen molar-refractivity contribution in [2.75, 3.05) is 0 Å². The van der Waals surface area contributed by atoms with Crippen molar-refractivity contribution in [1.82, 2.24) is 9.55 Å². The number of hydrogen-bond donors (Lipinski definition) is 0. The number of aromatic nitrogens is 2. The Labute approximate surface area is 306 Å². The molecule has 11 aromatic rings. The molecule has 11 rings (SSSR count). The maximum atomic E-state index is 4.86. The van der Waals surface area contributed by atoms with E-state index in [0.29, 0.717) is 0 Å². The summed E-state index contributed by atoms with van der Waals surface area (Å²) in [6.07, 6.45) is 1.89. The molecule has 0 saturated carbocycles. The monoisotopic (exact) mass is 672 g/mol. The Morgan fingerprint density at radius 1 is 0.340 bits per heavy atom. The van der Waals surface area contributed by atoms with E-state index in [1.807, 2.05) is 12.3 Å². The molecule has 2 heteroatoms. The standard InChI is InChI=1S/C51H32N2/c1-3-19-38-33(13-1)15-10-24-41(38)49-43-22-5-6-23-44(43)50(42-25-11-16-34-14-2-4-20-39(34)42)47-32-36(28-29-45(47)49)35-17-9-18-37(31-35)53-48-27-8-7-21-40(48)46-26-12-30-52-51(46)53/h1-32H. The largest absolute Gasteiger partial charge is 0.294 e. The van der Waals surface area contributed by atoms with Gasteiger partial charge < -0.3 is 0 Å². The topological polar surface area (TPSA) is 17.8 Å². The maximum Gasteiger partial charge on any atom is 0.145 e. The normalized spacial score (nSPS) is 11.8. The van der Waals surface area contributed by atoms with Crippen molar-refractivity contribution < 1.29 is 0 Å². The van der Waals surface area contributed by atoms with E-state index in [0.717, 1.165) is 27.8 Å². The van der Waals surface area contributed by atoms with Gasteiger partial charge in [-0.2, -0.15) is 0 Å². The SMILES string of the molecule is c1cc(-c2ccc3c(-c4cccc5ccccc45)c4ccccc4c(-c4cccc5ccccc45)c3c2)cc(-n2c3ccccc3c3cccnc32)c1. The van der Waals surface area contributed by atoms with E-state index < -0.39 is 0 Å². The van der Waals surface area contributed by atoms with Crippen molar-refractivity contribution >= 4 is 65.0 Å². The van der Waals surface area contributed by atoms with Gasteiger partial charge in [-0.05, 0) is 113 Å². The summed E-state index contributed by atoms with van der Waals surface area (Å²) < 4.78 is 2.29. The summed E-state index contributed by atoms with van der Waals surface area (Å²) in [5.74, 6) is 0. The van der Waals surface area contributed by atoms with E-state index in [9.17, 15) is 0 Å². The molecule has 0 unspecified atom stereocenters. The predicted molar refractivity (Wildman–Crippen MR) is 225 cm³/mol. The minimum absolute atomic E-state index is 0.966. The Kier molecular flexibility index (Phi) is 6.59. The zero-order valence-corrected chi connectivity index (χ0v) is 28.9. The molecule has 2 nitrogen and oxygen atoms in total. The van der Waals surface area contributed by atoms with Gasteiger partial charge in [-0.3, -0.25) is 4.57 Å². The second-order valence-corrected chi connectivity index (χ2v) is 13.9. The molecule has 0 saturated heterocycles. The zero-order valence-electron chi connectivity index (χ0n) is 28.9. The molecule has 0 aliphatic carbocycles. The third-order valence-corrected chi connectivity index (χ3v) is 11.0. The number of para-hydroxylation sites is 1. The van der Waals surface area contributed by atoms with E-state index in [1.54, 1.807) is 0 Å². The van der Waals surface area contributed by atoms with Crippen LogP contribution in [0.25, 0.3) is 104 Å². The number of benzene rings is 9. The third kappa shape index (κ3) is 4.56. The van der Waals surface area contributed by atoms with Crippen molar-refractivity contribution in [3.63, 3.8) is 0 Å². The molecule has 9 aromatic carbocycles. The first-order valence-electron chi connectivity index (χ1n) is 18.2. The van der Waals surface area contributed by atoms with E-state index in [-0.39, 0.29) is 0 Å². The lowest BCUT2D eigenvalue weighted by Crippen LogP contribution is -1.96. The van der Waals surface area contributed by atoms with Gasteiger partial charge in [0.05, 0.1) is 5.52 Å². The first kappa shape index (κ1) is 29.7. The predicted octanol–water partition coefficient (Wildman–Crippen LogP) is 13.8. The van der Waals surface area contributed by atoms with E-state index in [1.165, 1.54) is 76.3 Å². The third-order valence-electron chi connectivity index (χ3n) is 11.0. The Bertz CT molecular complexity index is 3180. The first-order valence-corrected chi connectivity index (χ1v) is 18.2. The number of hydrogen-bond acceptors (Lipinski definition) is 1. The molecule has 0 spiro atoms. The quantitative estimate of drug-likeness (QED) is 0.170. The lowest BCUT2D eigenvalue weighted by Gasteiger charge is -2.20. The summed E-state index contributed by atoms with van der Waals surface area (Å²) in [6.45, 7) is 0. The Balaban J connectivity index is 1.23. The second-order valence-electron chi connectivity index (χ2n) is 13.9. The van der Waals surface area contributed by atoms with Crippen LogP contribution >= 0.6 is 0 Å². The summed E-state index contributed by atoms with van der Waals surface area (Å²) in [6, 6.07) is 68.7. The minimum atomic E-state index is 0.966. The molecule has 0 aliphatic rings. The molecule has 0 atom stereocenters. The fourth-order valence-corrected chi connectivity index (χ4v) is 8.71. The summed E-state index contributed by atoms with van der Waals surface area (Å²) in [4.78, 5) is 4.86. The molecular weight excluding hydrogens is 641 g/mol. The van der Waals surface area contributed by atoms with Crippen molar-refractivity contribution in [3.8, 4) is 39.1 Å². The molecule has 53 heavy (non-hydrogen) atoms. The highest BCUT2D eigenvalue weighted by Crippen LogP contribution is 2.47.